The van der Waals surface area contributed by atoms with Crippen molar-refractivity contribution in [1.82, 2.24) is 20.1 Å². The summed E-state index contributed by atoms with van der Waals surface area (Å²) in [4.78, 5) is 16.1. The molecule has 10 heteroatoms. The number of carbonyl (C=O) groups is 1. The molecule has 0 aliphatic rings. The number of aromatic nitrogens is 3. The van der Waals surface area contributed by atoms with Gasteiger partial charge in [-0.05, 0) is 31.2 Å². The molecular weight excluding hydrogens is 390 g/mol. The molecule has 3 aromatic rings. The highest BCUT2D eigenvalue weighted by atomic mass is 19.4. The van der Waals surface area contributed by atoms with Gasteiger partial charge >= 0.3 is 6.18 Å². The lowest BCUT2D eigenvalue weighted by molar-refractivity contribution is -0.137. The van der Waals surface area contributed by atoms with Crippen LogP contribution in [0.2, 0.25) is 0 Å². The molecule has 6 nitrogen and oxygen atoms in total. The molecule has 0 saturated carbocycles. The fourth-order valence-electron chi connectivity index (χ4n) is 2.72. The molecule has 0 saturated heterocycles. The Labute approximate surface area is 163 Å². The van der Waals surface area contributed by atoms with Crippen LogP contribution in [0.3, 0.4) is 0 Å². The first-order chi connectivity index (χ1) is 13.8. The lowest BCUT2D eigenvalue weighted by atomic mass is 10.1. The van der Waals surface area contributed by atoms with E-state index in [-0.39, 0.29) is 17.9 Å². The van der Waals surface area contributed by atoms with Crippen molar-refractivity contribution in [2.75, 3.05) is 11.9 Å². The van der Waals surface area contributed by atoms with Gasteiger partial charge in [0.1, 0.15) is 18.5 Å². The van der Waals surface area contributed by atoms with Crippen molar-refractivity contribution in [1.29, 1.82) is 0 Å². The first kappa shape index (κ1) is 20.5. The van der Waals surface area contributed by atoms with Gasteiger partial charge in [0.25, 0.3) is 0 Å². The van der Waals surface area contributed by atoms with E-state index in [0.717, 1.165) is 12.1 Å². The zero-order chi connectivity index (χ0) is 21.0. The molecule has 2 N–H and O–H groups in total. The van der Waals surface area contributed by atoms with Crippen molar-refractivity contribution in [3.05, 3.63) is 72.1 Å². The predicted molar refractivity (Wildman–Crippen MR) is 97.8 cm³/mol. The van der Waals surface area contributed by atoms with Gasteiger partial charge in [0, 0.05) is 11.6 Å². The van der Waals surface area contributed by atoms with Crippen LogP contribution in [0.5, 0.6) is 0 Å². The number of carbonyl (C=O) groups excluding carboxylic acids is 1. The normalized spacial score (nSPS) is 12.6. The van der Waals surface area contributed by atoms with Crippen LogP contribution in [0.25, 0.3) is 5.69 Å². The van der Waals surface area contributed by atoms with Gasteiger partial charge < -0.3 is 10.6 Å². The molecule has 152 valence electrons. The Morgan fingerprint density at radius 1 is 1.21 bits per heavy atom. The molecule has 1 amide bonds. The zero-order valence-electron chi connectivity index (χ0n) is 15.2. The molecule has 2 aromatic carbocycles. The summed E-state index contributed by atoms with van der Waals surface area (Å²) >= 11 is 0. The van der Waals surface area contributed by atoms with Crippen molar-refractivity contribution >= 4 is 11.6 Å². The Morgan fingerprint density at radius 3 is 2.62 bits per heavy atom. The number of halogens is 4. The minimum absolute atomic E-state index is 0.0735. The quantitative estimate of drug-likeness (QED) is 0.611. The maximum Gasteiger partial charge on any atom is 0.416 e. The zero-order valence-corrected chi connectivity index (χ0v) is 15.2. The summed E-state index contributed by atoms with van der Waals surface area (Å²) in [5.74, 6) is -1.01. The van der Waals surface area contributed by atoms with Gasteiger partial charge in [0.2, 0.25) is 5.91 Å². The van der Waals surface area contributed by atoms with Gasteiger partial charge in [-0.2, -0.15) is 18.3 Å². The van der Waals surface area contributed by atoms with Crippen LogP contribution >= 0.6 is 0 Å². The summed E-state index contributed by atoms with van der Waals surface area (Å²) in [7, 11) is 0. The molecule has 0 aliphatic heterocycles. The van der Waals surface area contributed by atoms with Crippen molar-refractivity contribution in [3.63, 3.8) is 0 Å². The SMILES string of the molecule is CC(NCC(=O)Nc1cc(C(F)(F)F)ccc1-n1cncn1)c1ccccc1F. The lowest BCUT2D eigenvalue weighted by Gasteiger charge is -2.17. The molecule has 0 aliphatic carbocycles. The number of benzene rings is 2. The van der Waals surface area contributed by atoms with E-state index >= 15 is 0 Å². The van der Waals surface area contributed by atoms with Gasteiger partial charge in [0.15, 0.2) is 0 Å². The third-order valence-corrected chi connectivity index (χ3v) is 4.20. The van der Waals surface area contributed by atoms with Gasteiger partial charge in [-0.25, -0.2) is 14.1 Å². The summed E-state index contributed by atoms with van der Waals surface area (Å²) < 4.78 is 54.2. The van der Waals surface area contributed by atoms with E-state index in [2.05, 4.69) is 20.7 Å². The standard InChI is InChI=1S/C19H17F4N5O/c1-12(14-4-2-3-5-15(14)20)25-9-18(29)27-16-8-13(19(21,22)23)6-7-17(16)28-11-24-10-26-28/h2-8,10-12,25H,9H2,1H3,(H,27,29). The second-order valence-corrected chi connectivity index (χ2v) is 6.24. The van der Waals surface area contributed by atoms with E-state index in [1.54, 1.807) is 25.1 Å². The summed E-state index contributed by atoms with van der Waals surface area (Å²) in [5, 5.41) is 9.18. The number of hydrogen-bond acceptors (Lipinski definition) is 4. The Bertz CT molecular complexity index is 989. The maximum atomic E-state index is 13.8. The molecule has 1 aromatic heterocycles. The number of amides is 1. The van der Waals surface area contributed by atoms with Gasteiger partial charge in [0.05, 0.1) is 23.5 Å². The van der Waals surface area contributed by atoms with E-state index < -0.39 is 29.5 Å². The fraction of sp³-hybridized carbons (Fsp3) is 0.211. The summed E-state index contributed by atoms with van der Waals surface area (Å²) in [6, 6.07) is 8.56. The Balaban J connectivity index is 1.76. The van der Waals surface area contributed by atoms with Crippen LogP contribution in [0.4, 0.5) is 23.2 Å². The molecule has 0 spiro atoms. The molecule has 1 unspecified atom stereocenters. The fourth-order valence-corrected chi connectivity index (χ4v) is 2.72. The minimum atomic E-state index is -4.57. The first-order valence-electron chi connectivity index (χ1n) is 8.59. The monoisotopic (exact) mass is 407 g/mol. The van der Waals surface area contributed by atoms with E-state index in [4.69, 9.17) is 0 Å². The maximum absolute atomic E-state index is 13.8. The smallest absolute Gasteiger partial charge is 0.323 e. The average Bonchev–Trinajstić information content (AvgIpc) is 3.20. The number of alkyl halides is 3. The van der Waals surface area contributed by atoms with E-state index in [1.165, 1.54) is 29.5 Å². The molecular formula is C19H17F4N5O. The lowest BCUT2D eigenvalue weighted by Crippen LogP contribution is -2.31. The highest BCUT2D eigenvalue weighted by Gasteiger charge is 2.31. The molecule has 0 fully saturated rings. The van der Waals surface area contributed by atoms with Crippen LogP contribution in [0, 0.1) is 5.82 Å². The highest BCUT2D eigenvalue weighted by molar-refractivity contribution is 5.94. The number of rotatable bonds is 6. The van der Waals surface area contributed by atoms with Gasteiger partial charge in [-0.3, -0.25) is 4.79 Å². The second kappa shape index (κ2) is 8.39. The molecule has 1 atom stereocenters. The molecule has 1 heterocycles. The largest absolute Gasteiger partial charge is 0.416 e. The third kappa shape index (κ3) is 4.96. The van der Waals surface area contributed by atoms with Crippen LogP contribution in [-0.4, -0.2) is 27.2 Å². The van der Waals surface area contributed by atoms with E-state index in [0.29, 0.717) is 5.56 Å². The number of hydrogen-bond donors (Lipinski definition) is 2. The van der Waals surface area contributed by atoms with Crippen LogP contribution in [0.1, 0.15) is 24.1 Å². The van der Waals surface area contributed by atoms with E-state index in [9.17, 15) is 22.4 Å². The van der Waals surface area contributed by atoms with Crippen LogP contribution in [0.15, 0.2) is 55.1 Å². The molecule has 0 bridgehead atoms. The third-order valence-electron chi connectivity index (χ3n) is 4.20. The van der Waals surface area contributed by atoms with Gasteiger partial charge in [-0.1, -0.05) is 18.2 Å². The Morgan fingerprint density at radius 2 is 1.97 bits per heavy atom. The molecule has 0 radical (unpaired) electrons. The topological polar surface area (TPSA) is 71.8 Å². The predicted octanol–water partition coefficient (Wildman–Crippen LogP) is 3.71. The van der Waals surface area contributed by atoms with Crippen molar-refractivity contribution < 1.29 is 22.4 Å². The van der Waals surface area contributed by atoms with Crippen LogP contribution < -0.4 is 10.6 Å². The van der Waals surface area contributed by atoms with Crippen molar-refractivity contribution in [2.24, 2.45) is 0 Å². The second-order valence-electron chi connectivity index (χ2n) is 6.24. The number of nitrogens with one attached hydrogen (secondary N) is 2. The Hall–Kier alpha value is -3.27. The summed E-state index contributed by atoms with van der Waals surface area (Å²) in [6.45, 7) is 1.44. The molecule has 3 rings (SSSR count). The van der Waals surface area contributed by atoms with E-state index in [1.807, 2.05) is 0 Å². The average molecular weight is 407 g/mol. The number of anilines is 1. The van der Waals surface area contributed by atoms with Gasteiger partial charge in [-0.15, -0.1) is 0 Å². The first-order valence-corrected chi connectivity index (χ1v) is 8.59. The minimum Gasteiger partial charge on any atom is -0.323 e. The number of nitrogens with zero attached hydrogens (tertiary/aromatic N) is 3. The van der Waals surface area contributed by atoms with Crippen LogP contribution in [-0.2, 0) is 11.0 Å². The highest BCUT2D eigenvalue weighted by Crippen LogP contribution is 2.33. The Kier molecular flexibility index (Phi) is 5.92. The molecule has 29 heavy (non-hydrogen) atoms. The summed E-state index contributed by atoms with van der Waals surface area (Å²) in [5.41, 5.74) is -0.381. The van der Waals surface area contributed by atoms with Crippen molar-refractivity contribution in [3.8, 4) is 5.69 Å². The van der Waals surface area contributed by atoms with Crippen molar-refractivity contribution in [2.45, 2.75) is 19.1 Å². The summed E-state index contributed by atoms with van der Waals surface area (Å²) in [6.07, 6.45) is -2.05.